The first-order chi connectivity index (χ1) is 25.5. The third-order valence-corrected chi connectivity index (χ3v) is 11.3. The van der Waals surface area contributed by atoms with E-state index in [-0.39, 0.29) is 62.7 Å². The van der Waals surface area contributed by atoms with Gasteiger partial charge in [-0.1, -0.05) is 17.7 Å². The normalized spacial score (nSPS) is 21.3. The minimum Gasteiger partial charge on any atom is -0.489 e. The lowest BCUT2D eigenvalue weighted by Crippen LogP contribution is -2.46. The molecule has 0 aliphatic carbocycles. The molecule has 2 saturated heterocycles. The molecule has 0 spiro atoms. The van der Waals surface area contributed by atoms with Crippen LogP contribution in [-0.4, -0.2) is 89.4 Å². The monoisotopic (exact) mass is 792 g/mol. The van der Waals surface area contributed by atoms with Gasteiger partial charge in [0.25, 0.3) is 6.43 Å². The molecular formula is C36H34ClF5N6O5S. The molecule has 0 radical (unpaired) electrons. The Morgan fingerprint density at radius 2 is 2.00 bits per heavy atom. The molecule has 286 valence electrons. The zero-order valence-corrected chi connectivity index (χ0v) is 31.1. The maximum atomic E-state index is 17.3. The largest absolute Gasteiger partial charge is 0.489 e. The van der Waals surface area contributed by atoms with Gasteiger partial charge in [0, 0.05) is 23.9 Å². The number of anilines is 2. The average Bonchev–Trinajstić information content (AvgIpc) is 3.70. The van der Waals surface area contributed by atoms with E-state index in [0.29, 0.717) is 13.0 Å². The highest BCUT2D eigenvalue weighted by atomic mass is 35.5. The summed E-state index contributed by atoms with van der Waals surface area (Å²) in [7, 11) is 0. The number of halogens is 6. The lowest BCUT2D eigenvalue weighted by Gasteiger charge is -2.31. The highest BCUT2D eigenvalue weighted by molar-refractivity contribution is 7.23. The van der Waals surface area contributed by atoms with E-state index in [2.05, 4.69) is 15.3 Å². The minimum atomic E-state index is -2.97. The van der Waals surface area contributed by atoms with Crippen LogP contribution in [0.1, 0.15) is 52.5 Å². The van der Waals surface area contributed by atoms with Gasteiger partial charge in [-0.2, -0.15) is 15.2 Å². The van der Waals surface area contributed by atoms with Crippen LogP contribution in [0.2, 0.25) is 5.02 Å². The van der Waals surface area contributed by atoms with Crippen LogP contribution in [0.4, 0.5) is 37.6 Å². The molecule has 18 heteroatoms. The van der Waals surface area contributed by atoms with E-state index in [1.54, 1.807) is 20.8 Å². The first-order valence-electron chi connectivity index (χ1n) is 17.1. The molecule has 3 atom stereocenters. The van der Waals surface area contributed by atoms with Crippen LogP contribution in [-0.2, 0) is 9.53 Å². The number of ketones is 1. The zero-order valence-electron chi connectivity index (χ0n) is 29.5. The molecule has 54 heavy (non-hydrogen) atoms. The van der Waals surface area contributed by atoms with Crippen molar-refractivity contribution in [3.63, 3.8) is 0 Å². The molecule has 0 saturated carbocycles. The summed E-state index contributed by atoms with van der Waals surface area (Å²) in [5, 5.41) is 12.0. The van der Waals surface area contributed by atoms with E-state index >= 15 is 8.78 Å². The van der Waals surface area contributed by atoms with Gasteiger partial charge in [0.1, 0.15) is 59.3 Å². The van der Waals surface area contributed by atoms with Crippen molar-refractivity contribution < 1.29 is 45.8 Å². The number of Topliss-reactive ketones (excluding diaryl/α,β-unsaturated/α-hetero) is 1. The number of thiophene rings is 1. The summed E-state index contributed by atoms with van der Waals surface area (Å²) >= 11 is 7.66. The summed E-state index contributed by atoms with van der Waals surface area (Å²) in [5.41, 5.74) is -2.75. The number of hydrogen-bond donors (Lipinski definition) is 1. The van der Waals surface area contributed by atoms with E-state index in [1.165, 1.54) is 13.0 Å². The molecule has 5 heterocycles. The molecule has 2 aromatic carbocycles. The molecule has 0 bridgehead atoms. The van der Waals surface area contributed by atoms with Gasteiger partial charge in [0.2, 0.25) is 0 Å². The predicted molar refractivity (Wildman–Crippen MR) is 192 cm³/mol. The highest BCUT2D eigenvalue weighted by Crippen LogP contribution is 2.51. The molecular weight excluding hydrogens is 759 g/mol. The SMILES string of the molecule is CC(=O)C1COc2c(Cl)c(-c3ccc(F)c4sc(NC(=O)OC(C)(C)C)c(C#N)c34)c(F)c3nc(OC[C@@]45CCCN4C[C@H](F)C5)nc(c23)N1CC(F)F. The summed E-state index contributed by atoms with van der Waals surface area (Å²) in [6, 6.07) is 2.45. The Hall–Kier alpha value is -4.53. The number of alkyl halides is 3. The number of ether oxygens (including phenoxy) is 3. The number of hydrogen-bond acceptors (Lipinski definition) is 11. The number of nitriles is 1. The Balaban J connectivity index is 1.45. The summed E-state index contributed by atoms with van der Waals surface area (Å²) in [4.78, 5) is 37.4. The van der Waals surface area contributed by atoms with Crippen LogP contribution < -0.4 is 19.7 Å². The summed E-state index contributed by atoms with van der Waals surface area (Å²) in [6.45, 7) is 5.40. The molecule has 2 aromatic heterocycles. The zero-order chi connectivity index (χ0) is 38.9. The molecule has 1 amide bonds. The van der Waals surface area contributed by atoms with E-state index in [9.17, 15) is 28.0 Å². The van der Waals surface area contributed by atoms with E-state index in [0.717, 1.165) is 28.7 Å². The fourth-order valence-electron chi connectivity index (χ4n) is 7.60. The number of fused-ring (bicyclic) bond motifs is 2. The van der Waals surface area contributed by atoms with Crippen molar-refractivity contribution in [2.45, 2.75) is 76.7 Å². The number of carbonyl (C=O) groups excluding carboxylic acids is 2. The lowest BCUT2D eigenvalue weighted by atomic mass is 9.95. The van der Waals surface area contributed by atoms with Crippen molar-refractivity contribution in [2.24, 2.45) is 0 Å². The van der Waals surface area contributed by atoms with Gasteiger partial charge in [-0.05, 0) is 58.7 Å². The van der Waals surface area contributed by atoms with Crippen LogP contribution in [0.5, 0.6) is 11.8 Å². The van der Waals surface area contributed by atoms with Gasteiger partial charge in [-0.25, -0.2) is 26.7 Å². The van der Waals surface area contributed by atoms with Gasteiger partial charge in [-0.3, -0.25) is 15.0 Å². The van der Waals surface area contributed by atoms with Gasteiger partial charge in [-0.15, -0.1) is 11.3 Å². The first-order valence-corrected chi connectivity index (χ1v) is 18.3. The fourth-order valence-corrected chi connectivity index (χ4v) is 9.00. The number of aromatic nitrogens is 2. The number of nitrogens with zero attached hydrogens (tertiary/aromatic N) is 5. The van der Waals surface area contributed by atoms with Crippen molar-refractivity contribution in [1.82, 2.24) is 14.9 Å². The standard InChI is InChI=1S/C36H34ClF5N6O5S/c1-16(49)21-14-51-29-25-28(44-33(45-31(25)48(21)13-22(40)41)52-15-36-8-5-9-47(36)12-17(38)10-36)27(42)24(26(29)37)18-6-7-20(39)30-23(18)19(11-43)32(54-30)46-34(50)53-35(2,3)4/h6-7,17,21-22H,5,8-10,12-15H2,1-4H3,(H,46,50)/t17-,21?,36+/m1/s1. The third kappa shape index (κ3) is 6.62. The fraction of sp³-hybridized carbons (Fsp3) is 0.472. The molecule has 1 N–H and O–H groups in total. The Kier molecular flexibility index (Phi) is 9.76. The highest BCUT2D eigenvalue weighted by Gasteiger charge is 2.49. The molecule has 3 aliphatic heterocycles. The molecule has 4 aromatic rings. The van der Waals surface area contributed by atoms with Crippen LogP contribution in [0, 0.1) is 23.0 Å². The van der Waals surface area contributed by atoms with Crippen molar-refractivity contribution >= 4 is 66.6 Å². The molecule has 3 aliphatic rings. The Morgan fingerprint density at radius 3 is 2.69 bits per heavy atom. The van der Waals surface area contributed by atoms with Crippen LogP contribution in [0.25, 0.3) is 32.1 Å². The van der Waals surface area contributed by atoms with E-state index in [1.807, 2.05) is 11.0 Å². The third-order valence-electron chi connectivity index (χ3n) is 9.80. The topological polar surface area (TPSA) is 130 Å². The van der Waals surface area contributed by atoms with Gasteiger partial charge in [0.15, 0.2) is 17.3 Å². The smallest absolute Gasteiger partial charge is 0.412 e. The van der Waals surface area contributed by atoms with Crippen LogP contribution >= 0.6 is 22.9 Å². The van der Waals surface area contributed by atoms with Gasteiger partial charge >= 0.3 is 12.1 Å². The number of carbonyl (C=O) groups is 2. The van der Waals surface area contributed by atoms with Crippen molar-refractivity contribution in [3.8, 4) is 29.0 Å². The number of nitrogens with one attached hydrogen (secondary N) is 1. The van der Waals surface area contributed by atoms with Crippen molar-refractivity contribution in [2.75, 3.05) is 43.1 Å². The Labute approximate surface area is 314 Å². The molecule has 11 nitrogen and oxygen atoms in total. The van der Waals surface area contributed by atoms with Crippen LogP contribution in [0.15, 0.2) is 12.1 Å². The average molecular weight is 793 g/mol. The number of rotatable bonds is 8. The van der Waals surface area contributed by atoms with E-state index < -0.39 is 88.6 Å². The molecule has 7 rings (SSSR count). The molecule has 2 fully saturated rings. The minimum absolute atomic E-state index is 0.0742. The lowest BCUT2D eigenvalue weighted by molar-refractivity contribution is -0.119. The Bertz CT molecular complexity index is 2250. The number of amides is 1. The maximum absolute atomic E-state index is 17.3. The van der Waals surface area contributed by atoms with Crippen molar-refractivity contribution in [3.05, 3.63) is 34.4 Å². The second-order valence-corrected chi connectivity index (χ2v) is 16.0. The summed E-state index contributed by atoms with van der Waals surface area (Å²) < 4.78 is 92.9. The maximum Gasteiger partial charge on any atom is 0.412 e. The van der Waals surface area contributed by atoms with Crippen LogP contribution in [0.3, 0.4) is 0 Å². The number of benzene rings is 2. The second-order valence-electron chi connectivity index (χ2n) is 14.6. The summed E-state index contributed by atoms with van der Waals surface area (Å²) in [6.07, 6.45) is -3.35. The first kappa shape index (κ1) is 37.8. The van der Waals surface area contributed by atoms with Gasteiger partial charge in [0.05, 0.1) is 32.8 Å². The Morgan fingerprint density at radius 1 is 1.24 bits per heavy atom. The van der Waals surface area contributed by atoms with E-state index in [4.69, 9.17) is 25.8 Å². The second kappa shape index (κ2) is 14.0. The predicted octanol–water partition coefficient (Wildman–Crippen LogP) is 8.04. The van der Waals surface area contributed by atoms with Crippen molar-refractivity contribution in [1.29, 1.82) is 5.26 Å². The van der Waals surface area contributed by atoms with Gasteiger partial charge < -0.3 is 19.1 Å². The summed E-state index contributed by atoms with van der Waals surface area (Å²) in [5.74, 6) is -3.01. The quantitative estimate of drug-likeness (QED) is 0.175. The molecule has 1 unspecified atom stereocenters.